The number of hydrogen-bond acceptors (Lipinski definition) is 4. The van der Waals surface area contributed by atoms with E-state index in [0.717, 1.165) is 5.56 Å². The molecule has 1 aromatic heterocycles. The van der Waals surface area contributed by atoms with E-state index in [-0.39, 0.29) is 30.6 Å². The first-order valence-electron chi connectivity index (χ1n) is 7.33. The molecule has 0 aliphatic rings. The van der Waals surface area contributed by atoms with Crippen molar-refractivity contribution in [2.75, 3.05) is 0 Å². The number of carboxylic acid groups (broad SMARTS) is 1. The molecule has 0 radical (unpaired) electrons. The van der Waals surface area contributed by atoms with Crippen molar-refractivity contribution in [3.63, 3.8) is 0 Å². The summed E-state index contributed by atoms with van der Waals surface area (Å²) in [5.41, 5.74) is 1.11. The number of carbonyl (C=O) groups excluding carboxylic acids is 1. The molecule has 0 aliphatic heterocycles. The van der Waals surface area contributed by atoms with Gasteiger partial charge in [0.05, 0.1) is 12.1 Å². The highest BCUT2D eigenvalue weighted by Gasteiger charge is 2.12. The Kier molecular flexibility index (Phi) is 5.41. The second-order valence-electron chi connectivity index (χ2n) is 5.28. The van der Waals surface area contributed by atoms with Gasteiger partial charge < -0.3 is 5.11 Å². The van der Waals surface area contributed by atoms with Gasteiger partial charge >= 0.3 is 5.97 Å². The fraction of sp³-hybridized carbons (Fsp3) is 0.294. The summed E-state index contributed by atoms with van der Waals surface area (Å²) in [5.74, 6) is -0.662. The highest BCUT2D eigenvalue weighted by Crippen LogP contribution is 2.15. The first kappa shape index (κ1) is 16.6. The average molecular weight is 314 g/mol. The number of rotatable bonds is 7. The number of nitrogens with zero attached hydrogens (tertiary/aromatic N) is 2. The van der Waals surface area contributed by atoms with Gasteiger partial charge in [-0.3, -0.25) is 19.0 Å². The lowest BCUT2D eigenvalue weighted by Gasteiger charge is -2.09. The molecule has 0 atom stereocenters. The normalized spacial score (nSPS) is 10.5. The summed E-state index contributed by atoms with van der Waals surface area (Å²) in [6, 6.07) is 10.7. The Morgan fingerprint density at radius 1 is 1.17 bits per heavy atom. The van der Waals surface area contributed by atoms with Crippen LogP contribution in [0.4, 0.5) is 0 Å². The number of Topliss-reactive ketones (excluding diaryl/α,β-unsaturated/α-hetero) is 1. The minimum absolute atomic E-state index is 0.0199. The minimum atomic E-state index is -0.922. The number of benzene rings is 1. The first-order chi connectivity index (χ1) is 11.0. The third-order valence-corrected chi connectivity index (χ3v) is 3.50. The molecule has 1 heterocycles. The summed E-state index contributed by atoms with van der Waals surface area (Å²) in [4.78, 5) is 38.9. The van der Waals surface area contributed by atoms with E-state index in [4.69, 9.17) is 5.11 Å². The van der Waals surface area contributed by atoms with Crippen molar-refractivity contribution >= 4 is 11.8 Å². The van der Waals surface area contributed by atoms with Gasteiger partial charge in [-0.05, 0) is 6.42 Å². The molecule has 120 valence electrons. The molecule has 6 nitrogen and oxygen atoms in total. The Bertz CT molecular complexity index is 766. The Balaban J connectivity index is 2.18. The molecule has 0 fully saturated rings. The van der Waals surface area contributed by atoms with Gasteiger partial charge in [-0.2, -0.15) is 0 Å². The molecule has 0 spiro atoms. The number of hydrogen-bond donors (Lipinski definition) is 1. The van der Waals surface area contributed by atoms with Gasteiger partial charge in [-0.1, -0.05) is 30.3 Å². The van der Waals surface area contributed by atoms with E-state index in [1.165, 1.54) is 10.6 Å². The topological polar surface area (TPSA) is 89.3 Å². The summed E-state index contributed by atoms with van der Waals surface area (Å²) in [7, 11) is 1.57. The fourth-order valence-corrected chi connectivity index (χ4v) is 2.20. The Hall–Kier alpha value is -2.76. The maximum Gasteiger partial charge on any atom is 0.303 e. The maximum atomic E-state index is 12.1. The van der Waals surface area contributed by atoms with Crippen LogP contribution in [0.25, 0.3) is 11.3 Å². The van der Waals surface area contributed by atoms with Crippen molar-refractivity contribution in [2.45, 2.75) is 25.7 Å². The predicted octanol–water partition coefficient (Wildman–Crippen LogP) is 1.81. The fourth-order valence-electron chi connectivity index (χ4n) is 2.20. The summed E-state index contributed by atoms with van der Waals surface area (Å²) >= 11 is 0. The quantitative estimate of drug-likeness (QED) is 0.842. The lowest BCUT2D eigenvalue weighted by molar-refractivity contribution is -0.137. The highest BCUT2D eigenvalue weighted by molar-refractivity contribution is 5.80. The van der Waals surface area contributed by atoms with Crippen LogP contribution in [0.3, 0.4) is 0 Å². The van der Waals surface area contributed by atoms with Crippen LogP contribution in [0.1, 0.15) is 25.1 Å². The van der Waals surface area contributed by atoms with Crippen LogP contribution in [0, 0.1) is 0 Å². The smallest absolute Gasteiger partial charge is 0.303 e. The summed E-state index contributed by atoms with van der Waals surface area (Å²) in [5, 5.41) is 8.59. The second-order valence-corrected chi connectivity index (χ2v) is 5.28. The van der Waals surface area contributed by atoms with Gasteiger partial charge in [-0.15, -0.1) is 0 Å². The Morgan fingerprint density at radius 2 is 1.87 bits per heavy atom. The van der Waals surface area contributed by atoms with E-state index in [2.05, 4.69) is 4.98 Å². The van der Waals surface area contributed by atoms with E-state index in [1.54, 1.807) is 7.05 Å². The standard InChI is InChI=1S/C17H18N2O4/c1-19-15(10-13(20)8-5-9-17(22)23)18-14(11-16(19)21)12-6-3-2-4-7-12/h2-4,6-7,11H,5,8-10H2,1H3,(H,22,23). The summed E-state index contributed by atoms with van der Waals surface area (Å²) in [6.45, 7) is 0. The molecule has 0 saturated heterocycles. The van der Waals surface area contributed by atoms with Crippen molar-refractivity contribution in [3.8, 4) is 11.3 Å². The number of carbonyl (C=O) groups is 2. The van der Waals surface area contributed by atoms with Crippen LogP contribution >= 0.6 is 0 Å². The molecule has 0 bridgehead atoms. The predicted molar refractivity (Wildman–Crippen MR) is 85.1 cm³/mol. The van der Waals surface area contributed by atoms with E-state index in [1.807, 2.05) is 30.3 Å². The maximum absolute atomic E-state index is 12.1. The van der Waals surface area contributed by atoms with Gasteiger partial charge in [0.15, 0.2) is 0 Å². The molecule has 1 aromatic carbocycles. The van der Waals surface area contributed by atoms with Gasteiger partial charge in [0.2, 0.25) is 0 Å². The van der Waals surface area contributed by atoms with Gasteiger partial charge in [0, 0.05) is 31.5 Å². The largest absolute Gasteiger partial charge is 0.481 e. The summed E-state index contributed by atoms with van der Waals surface area (Å²) < 4.78 is 1.35. The number of aromatic nitrogens is 2. The third kappa shape index (κ3) is 4.60. The zero-order valence-electron chi connectivity index (χ0n) is 12.9. The molecule has 0 saturated carbocycles. The van der Waals surface area contributed by atoms with Crippen LogP contribution in [-0.2, 0) is 23.1 Å². The number of aliphatic carboxylic acids is 1. The first-order valence-corrected chi connectivity index (χ1v) is 7.33. The van der Waals surface area contributed by atoms with Crippen molar-refractivity contribution in [2.24, 2.45) is 7.05 Å². The van der Waals surface area contributed by atoms with E-state index >= 15 is 0 Å². The van der Waals surface area contributed by atoms with E-state index < -0.39 is 5.97 Å². The molecule has 0 aliphatic carbocycles. The number of carboxylic acids is 1. The van der Waals surface area contributed by atoms with Gasteiger partial charge in [0.1, 0.15) is 11.6 Å². The molecule has 0 amide bonds. The van der Waals surface area contributed by atoms with Crippen LogP contribution in [0.2, 0.25) is 0 Å². The monoisotopic (exact) mass is 314 g/mol. The molecule has 2 aromatic rings. The van der Waals surface area contributed by atoms with Crippen LogP contribution < -0.4 is 5.56 Å². The Morgan fingerprint density at radius 3 is 2.52 bits per heavy atom. The molecule has 2 rings (SSSR count). The summed E-state index contributed by atoms with van der Waals surface area (Å²) in [6.07, 6.45) is 0.437. The number of ketones is 1. The molecular formula is C17H18N2O4. The minimum Gasteiger partial charge on any atom is -0.481 e. The lowest BCUT2D eigenvalue weighted by Crippen LogP contribution is -2.23. The molecule has 23 heavy (non-hydrogen) atoms. The SMILES string of the molecule is Cn1c(CC(=O)CCCC(=O)O)nc(-c2ccccc2)cc1=O. The molecule has 1 N–H and O–H groups in total. The zero-order chi connectivity index (χ0) is 16.8. The van der Waals surface area contributed by atoms with E-state index in [9.17, 15) is 14.4 Å². The average Bonchev–Trinajstić information content (AvgIpc) is 2.52. The Labute approximate surface area is 133 Å². The highest BCUT2D eigenvalue weighted by atomic mass is 16.4. The molecular weight excluding hydrogens is 296 g/mol. The van der Waals surface area contributed by atoms with E-state index in [0.29, 0.717) is 17.9 Å². The van der Waals surface area contributed by atoms with Crippen LogP contribution in [0.15, 0.2) is 41.2 Å². The third-order valence-electron chi connectivity index (χ3n) is 3.50. The van der Waals surface area contributed by atoms with Gasteiger partial charge in [0.25, 0.3) is 5.56 Å². The van der Waals surface area contributed by atoms with Crippen molar-refractivity contribution in [1.29, 1.82) is 0 Å². The molecule has 6 heteroatoms. The lowest BCUT2D eigenvalue weighted by atomic mass is 10.1. The van der Waals surface area contributed by atoms with Crippen molar-refractivity contribution in [1.82, 2.24) is 9.55 Å². The van der Waals surface area contributed by atoms with Crippen LogP contribution in [0.5, 0.6) is 0 Å². The van der Waals surface area contributed by atoms with Gasteiger partial charge in [-0.25, -0.2) is 4.98 Å². The zero-order valence-corrected chi connectivity index (χ0v) is 12.9. The van der Waals surface area contributed by atoms with Crippen molar-refractivity contribution < 1.29 is 14.7 Å². The molecule has 0 unspecified atom stereocenters. The van der Waals surface area contributed by atoms with Crippen LogP contribution in [-0.4, -0.2) is 26.4 Å². The van der Waals surface area contributed by atoms with Crippen molar-refractivity contribution in [3.05, 3.63) is 52.6 Å². The second kappa shape index (κ2) is 7.49.